The van der Waals surface area contributed by atoms with Crippen LogP contribution in [0.1, 0.15) is 12.5 Å². The van der Waals surface area contributed by atoms with Crippen LogP contribution in [-0.2, 0) is 14.8 Å². The molecule has 0 aliphatic carbocycles. The highest BCUT2D eigenvalue weighted by atomic mass is 32.2. The van der Waals surface area contributed by atoms with Gasteiger partial charge in [-0.25, -0.2) is 12.8 Å². The van der Waals surface area contributed by atoms with Gasteiger partial charge in [-0.05, 0) is 37.6 Å². The number of nitrogens with zero attached hydrogens (tertiary/aromatic N) is 1. The van der Waals surface area contributed by atoms with E-state index in [9.17, 15) is 12.8 Å². The lowest BCUT2D eigenvalue weighted by molar-refractivity contribution is 0.0102. The van der Waals surface area contributed by atoms with Crippen LogP contribution in [0, 0.1) is 12.7 Å². The molecule has 4 nitrogen and oxygen atoms in total. The van der Waals surface area contributed by atoms with Crippen molar-refractivity contribution >= 4 is 10.0 Å². The molecule has 1 heterocycles. The van der Waals surface area contributed by atoms with Crippen LogP contribution in [0.15, 0.2) is 23.1 Å². The van der Waals surface area contributed by atoms with Crippen LogP contribution in [0.5, 0.6) is 0 Å². The molecule has 1 fully saturated rings. The molecule has 1 saturated heterocycles. The molecule has 1 aromatic carbocycles. The summed E-state index contributed by atoms with van der Waals surface area (Å²) in [5.41, 5.74) is 0.331. The average Bonchev–Trinajstić information content (AvgIpc) is 2.32. The van der Waals surface area contributed by atoms with Gasteiger partial charge in [-0.15, -0.1) is 0 Å². The van der Waals surface area contributed by atoms with E-state index in [0.717, 1.165) is 0 Å². The number of sulfonamides is 1. The molecule has 1 aliphatic heterocycles. The van der Waals surface area contributed by atoms with Crippen LogP contribution in [0.4, 0.5) is 4.39 Å². The van der Waals surface area contributed by atoms with Crippen molar-refractivity contribution in [3.8, 4) is 0 Å². The van der Waals surface area contributed by atoms with Crippen LogP contribution in [0.3, 0.4) is 0 Å². The van der Waals surface area contributed by atoms with E-state index in [0.29, 0.717) is 25.3 Å². The van der Waals surface area contributed by atoms with Gasteiger partial charge in [-0.3, -0.25) is 0 Å². The maximum atomic E-state index is 13.2. The molecule has 1 aliphatic rings. The maximum Gasteiger partial charge on any atom is 0.243 e. The van der Waals surface area contributed by atoms with Gasteiger partial charge in [0.05, 0.1) is 17.6 Å². The van der Waals surface area contributed by atoms with E-state index in [-0.39, 0.29) is 11.0 Å². The number of hydrogen-bond acceptors (Lipinski definition) is 3. The predicted molar refractivity (Wildman–Crippen MR) is 65.3 cm³/mol. The van der Waals surface area contributed by atoms with Gasteiger partial charge >= 0.3 is 0 Å². The van der Waals surface area contributed by atoms with Gasteiger partial charge in [0.15, 0.2) is 0 Å². The highest BCUT2D eigenvalue weighted by molar-refractivity contribution is 7.89. The standard InChI is InChI=1S/C12H16FNO3S/c1-9-7-11(3-4-12(9)13)18(15,16)14-5-6-17-10(2)8-14/h3-4,7,10H,5-6,8H2,1-2H3/t10-/m0/s1. The lowest BCUT2D eigenvalue weighted by Crippen LogP contribution is -2.44. The Morgan fingerprint density at radius 3 is 2.78 bits per heavy atom. The van der Waals surface area contributed by atoms with Crippen molar-refractivity contribution in [2.75, 3.05) is 19.7 Å². The summed E-state index contributed by atoms with van der Waals surface area (Å²) in [5.74, 6) is -0.399. The SMILES string of the molecule is Cc1cc(S(=O)(=O)N2CCO[C@@H](C)C2)ccc1F. The zero-order chi connectivity index (χ0) is 13.3. The Kier molecular flexibility index (Phi) is 3.70. The van der Waals surface area contributed by atoms with Crippen molar-refractivity contribution in [2.24, 2.45) is 0 Å². The van der Waals surface area contributed by atoms with Crippen LogP contribution >= 0.6 is 0 Å². The van der Waals surface area contributed by atoms with Gasteiger partial charge in [0.2, 0.25) is 10.0 Å². The topological polar surface area (TPSA) is 46.6 Å². The second kappa shape index (κ2) is 4.95. The molecule has 0 amide bonds. The van der Waals surface area contributed by atoms with Gasteiger partial charge in [0.1, 0.15) is 5.82 Å². The van der Waals surface area contributed by atoms with E-state index in [1.165, 1.54) is 22.5 Å². The van der Waals surface area contributed by atoms with Crippen molar-refractivity contribution in [2.45, 2.75) is 24.8 Å². The monoisotopic (exact) mass is 273 g/mol. The Balaban J connectivity index is 2.32. The summed E-state index contributed by atoms with van der Waals surface area (Å²) in [6.45, 7) is 4.44. The van der Waals surface area contributed by atoms with Crippen LogP contribution < -0.4 is 0 Å². The minimum atomic E-state index is -3.55. The van der Waals surface area contributed by atoms with Crippen molar-refractivity contribution in [1.29, 1.82) is 0 Å². The molecule has 0 N–H and O–H groups in total. The fraction of sp³-hybridized carbons (Fsp3) is 0.500. The highest BCUT2D eigenvalue weighted by Gasteiger charge is 2.29. The van der Waals surface area contributed by atoms with Gasteiger partial charge in [-0.2, -0.15) is 4.31 Å². The molecule has 1 atom stereocenters. The molecule has 0 spiro atoms. The van der Waals surface area contributed by atoms with Crippen molar-refractivity contribution in [3.63, 3.8) is 0 Å². The smallest absolute Gasteiger partial charge is 0.243 e. The lowest BCUT2D eigenvalue weighted by Gasteiger charge is -2.30. The molecule has 6 heteroatoms. The molecular weight excluding hydrogens is 257 g/mol. The minimum Gasteiger partial charge on any atom is -0.376 e. The number of aryl methyl sites for hydroxylation is 1. The summed E-state index contributed by atoms with van der Waals surface area (Å²) in [7, 11) is -3.55. The first kappa shape index (κ1) is 13.5. The second-order valence-electron chi connectivity index (χ2n) is 4.46. The molecular formula is C12H16FNO3S. The largest absolute Gasteiger partial charge is 0.376 e. The summed E-state index contributed by atoms with van der Waals surface area (Å²) in [6, 6.07) is 3.86. The normalized spacial score (nSPS) is 22.1. The summed E-state index contributed by atoms with van der Waals surface area (Å²) < 4.78 is 44.5. The third kappa shape index (κ3) is 2.55. The summed E-state index contributed by atoms with van der Waals surface area (Å²) in [5, 5.41) is 0. The van der Waals surface area contributed by atoms with Gasteiger partial charge in [0, 0.05) is 13.1 Å². The van der Waals surface area contributed by atoms with Gasteiger partial charge in [0.25, 0.3) is 0 Å². The molecule has 0 bridgehead atoms. The summed E-state index contributed by atoms with van der Waals surface area (Å²) >= 11 is 0. The number of morpholine rings is 1. The third-order valence-corrected chi connectivity index (χ3v) is 4.83. The quantitative estimate of drug-likeness (QED) is 0.821. The Morgan fingerprint density at radius 2 is 2.17 bits per heavy atom. The zero-order valence-corrected chi connectivity index (χ0v) is 11.2. The highest BCUT2D eigenvalue weighted by Crippen LogP contribution is 2.20. The third-order valence-electron chi connectivity index (χ3n) is 2.97. The van der Waals surface area contributed by atoms with Crippen molar-refractivity contribution in [1.82, 2.24) is 4.31 Å². The Hall–Kier alpha value is -0.980. The lowest BCUT2D eigenvalue weighted by atomic mass is 10.2. The molecule has 18 heavy (non-hydrogen) atoms. The van der Waals surface area contributed by atoms with E-state index in [2.05, 4.69) is 0 Å². The van der Waals surface area contributed by atoms with E-state index in [4.69, 9.17) is 4.74 Å². The van der Waals surface area contributed by atoms with Crippen molar-refractivity contribution < 1.29 is 17.5 Å². The number of benzene rings is 1. The first-order valence-corrected chi connectivity index (χ1v) is 7.23. The Bertz CT molecular complexity index is 544. The second-order valence-corrected chi connectivity index (χ2v) is 6.39. The summed E-state index contributed by atoms with van der Waals surface area (Å²) in [4.78, 5) is 0.135. The predicted octanol–water partition coefficient (Wildman–Crippen LogP) is 1.54. The van der Waals surface area contributed by atoms with Crippen molar-refractivity contribution in [3.05, 3.63) is 29.6 Å². The molecule has 100 valence electrons. The van der Waals surface area contributed by atoms with E-state index >= 15 is 0 Å². The summed E-state index contributed by atoms with van der Waals surface area (Å²) in [6.07, 6.45) is -0.116. The molecule has 0 saturated carbocycles. The fourth-order valence-electron chi connectivity index (χ4n) is 1.93. The first-order valence-electron chi connectivity index (χ1n) is 5.79. The van der Waals surface area contributed by atoms with Gasteiger partial charge < -0.3 is 4.74 Å². The molecule has 0 unspecified atom stereocenters. The molecule has 2 rings (SSSR count). The number of rotatable bonds is 2. The van der Waals surface area contributed by atoms with E-state index < -0.39 is 15.8 Å². The minimum absolute atomic E-state index is 0.116. The van der Waals surface area contributed by atoms with Crippen LogP contribution in [-0.4, -0.2) is 38.5 Å². The Morgan fingerprint density at radius 1 is 1.44 bits per heavy atom. The van der Waals surface area contributed by atoms with Gasteiger partial charge in [-0.1, -0.05) is 0 Å². The molecule has 1 aromatic rings. The van der Waals surface area contributed by atoms with Crippen LogP contribution in [0.2, 0.25) is 0 Å². The zero-order valence-electron chi connectivity index (χ0n) is 10.4. The Labute approximate surface area is 106 Å². The van der Waals surface area contributed by atoms with Crippen LogP contribution in [0.25, 0.3) is 0 Å². The average molecular weight is 273 g/mol. The number of halogens is 1. The first-order chi connectivity index (χ1) is 8.41. The van der Waals surface area contributed by atoms with E-state index in [1.54, 1.807) is 6.92 Å². The number of ether oxygens (including phenoxy) is 1. The molecule has 0 radical (unpaired) electrons. The maximum absolute atomic E-state index is 13.2. The molecule has 0 aromatic heterocycles. The number of hydrogen-bond donors (Lipinski definition) is 0. The van der Waals surface area contributed by atoms with E-state index in [1.807, 2.05) is 6.92 Å². The fourth-order valence-corrected chi connectivity index (χ4v) is 3.52.